The monoisotopic (exact) mass is 253 g/mol. The zero-order chi connectivity index (χ0) is 11.2. The molecule has 1 aromatic heterocycles. The van der Waals surface area contributed by atoms with Crippen LogP contribution in [0.15, 0.2) is 36.5 Å². The molecule has 1 heterocycles. The van der Waals surface area contributed by atoms with Crippen LogP contribution < -0.4 is 5.32 Å². The predicted octanol–water partition coefficient (Wildman–Crippen LogP) is 1.61. The normalized spacial score (nSPS) is 9.94. The summed E-state index contributed by atoms with van der Waals surface area (Å²) in [6.07, 6.45) is 1.73. The summed E-state index contributed by atoms with van der Waals surface area (Å²) in [7, 11) is 0. The fourth-order valence-corrected chi connectivity index (χ4v) is 1.60. The van der Waals surface area contributed by atoms with E-state index in [0.29, 0.717) is 0 Å². The number of rotatable bonds is 5. The van der Waals surface area contributed by atoms with Gasteiger partial charge >= 0.3 is 0 Å². The molecule has 0 fully saturated rings. The maximum atomic E-state index is 9.16. The summed E-state index contributed by atoms with van der Waals surface area (Å²) in [6.45, 7) is 1.58. The second kappa shape index (κ2) is 7.06. The number of hydrogen-bond donors (Lipinski definition) is 3. The van der Waals surface area contributed by atoms with Crippen molar-refractivity contribution in [2.45, 2.75) is 19.7 Å². The highest BCUT2D eigenvalue weighted by atomic mass is 35.5. The number of nitrogens with one attached hydrogen (secondary N) is 2. The van der Waals surface area contributed by atoms with Gasteiger partial charge in [-0.1, -0.05) is 24.3 Å². The molecule has 0 radical (unpaired) electrons. The Bertz CT molecular complexity index is 431. The first-order chi connectivity index (χ1) is 7.90. The number of aliphatic hydroxyl groups is 1. The van der Waals surface area contributed by atoms with Crippen LogP contribution in [0.25, 0.3) is 0 Å². The van der Waals surface area contributed by atoms with Gasteiger partial charge in [0.05, 0.1) is 6.61 Å². The van der Waals surface area contributed by atoms with Crippen LogP contribution in [-0.2, 0) is 19.7 Å². The Morgan fingerprint density at radius 3 is 2.53 bits per heavy atom. The quantitative estimate of drug-likeness (QED) is 0.759. The first-order valence-corrected chi connectivity index (χ1v) is 5.27. The van der Waals surface area contributed by atoms with Gasteiger partial charge in [-0.15, -0.1) is 12.4 Å². The summed E-state index contributed by atoms with van der Waals surface area (Å²) < 4.78 is 0. The standard InChI is InChI=1S/C12H15N3O.ClH/c16-9-11-4-2-1-3-10(11)7-13-8-12-5-6-14-15-12;/h1-6,13,16H,7-9H2,(H,14,15);1H. The van der Waals surface area contributed by atoms with E-state index in [1.54, 1.807) is 6.20 Å². The summed E-state index contributed by atoms with van der Waals surface area (Å²) in [6, 6.07) is 9.81. The van der Waals surface area contributed by atoms with E-state index in [0.717, 1.165) is 29.9 Å². The first-order valence-electron chi connectivity index (χ1n) is 5.27. The first kappa shape index (κ1) is 13.7. The van der Waals surface area contributed by atoms with Gasteiger partial charge in [-0.25, -0.2) is 0 Å². The molecule has 0 aliphatic rings. The van der Waals surface area contributed by atoms with E-state index in [-0.39, 0.29) is 19.0 Å². The van der Waals surface area contributed by atoms with E-state index in [1.807, 2.05) is 30.3 Å². The second-order valence-corrected chi connectivity index (χ2v) is 3.61. The molecule has 4 nitrogen and oxygen atoms in total. The van der Waals surface area contributed by atoms with Crippen LogP contribution in [0.4, 0.5) is 0 Å². The van der Waals surface area contributed by atoms with Gasteiger partial charge in [-0.3, -0.25) is 5.10 Å². The zero-order valence-corrected chi connectivity index (χ0v) is 10.2. The third kappa shape index (κ3) is 3.85. The molecular weight excluding hydrogens is 238 g/mol. The van der Waals surface area contributed by atoms with Crippen LogP contribution in [0, 0.1) is 0 Å². The second-order valence-electron chi connectivity index (χ2n) is 3.61. The lowest BCUT2D eigenvalue weighted by molar-refractivity contribution is 0.280. The third-order valence-electron chi connectivity index (χ3n) is 2.48. The molecule has 0 saturated carbocycles. The van der Waals surface area contributed by atoms with Crippen LogP contribution >= 0.6 is 12.4 Å². The van der Waals surface area contributed by atoms with Crippen molar-refractivity contribution in [3.05, 3.63) is 53.3 Å². The summed E-state index contributed by atoms with van der Waals surface area (Å²) in [5.41, 5.74) is 3.16. The fraction of sp³-hybridized carbons (Fsp3) is 0.250. The summed E-state index contributed by atoms with van der Waals surface area (Å²) in [4.78, 5) is 0. The van der Waals surface area contributed by atoms with Crippen LogP contribution in [0.5, 0.6) is 0 Å². The van der Waals surface area contributed by atoms with E-state index in [1.165, 1.54) is 0 Å². The predicted molar refractivity (Wildman–Crippen MR) is 68.7 cm³/mol. The van der Waals surface area contributed by atoms with E-state index >= 15 is 0 Å². The molecule has 0 unspecified atom stereocenters. The van der Waals surface area contributed by atoms with Gasteiger partial charge in [0.2, 0.25) is 0 Å². The number of aliphatic hydroxyl groups excluding tert-OH is 1. The van der Waals surface area contributed by atoms with Crippen molar-refractivity contribution >= 4 is 12.4 Å². The number of halogens is 1. The Kier molecular flexibility index (Phi) is 5.69. The number of aromatic nitrogens is 2. The van der Waals surface area contributed by atoms with Gasteiger partial charge in [-0.2, -0.15) is 5.10 Å². The van der Waals surface area contributed by atoms with Crippen LogP contribution in [0.1, 0.15) is 16.8 Å². The highest BCUT2D eigenvalue weighted by Gasteiger charge is 2.00. The molecule has 0 atom stereocenters. The Labute approximate surface area is 106 Å². The highest BCUT2D eigenvalue weighted by molar-refractivity contribution is 5.85. The van der Waals surface area contributed by atoms with Crippen LogP contribution in [-0.4, -0.2) is 15.3 Å². The Hall–Kier alpha value is -1.36. The molecule has 1 aromatic carbocycles. The minimum atomic E-state index is 0. The average molecular weight is 254 g/mol. The van der Waals surface area contributed by atoms with Crippen molar-refractivity contribution in [3.8, 4) is 0 Å². The van der Waals surface area contributed by atoms with Gasteiger partial charge in [0.25, 0.3) is 0 Å². The van der Waals surface area contributed by atoms with E-state index in [9.17, 15) is 0 Å². The molecule has 0 aliphatic carbocycles. The van der Waals surface area contributed by atoms with Crippen LogP contribution in [0.3, 0.4) is 0 Å². The lowest BCUT2D eigenvalue weighted by Crippen LogP contribution is -2.14. The number of hydrogen-bond acceptors (Lipinski definition) is 3. The lowest BCUT2D eigenvalue weighted by Gasteiger charge is -2.07. The molecule has 17 heavy (non-hydrogen) atoms. The Morgan fingerprint density at radius 2 is 1.88 bits per heavy atom. The van der Waals surface area contributed by atoms with Crippen molar-refractivity contribution in [2.75, 3.05) is 0 Å². The number of aromatic amines is 1. The van der Waals surface area contributed by atoms with Crippen LogP contribution in [0.2, 0.25) is 0 Å². The smallest absolute Gasteiger partial charge is 0.0685 e. The molecule has 0 saturated heterocycles. The van der Waals surface area contributed by atoms with E-state index in [2.05, 4.69) is 15.5 Å². The van der Waals surface area contributed by atoms with Crippen molar-refractivity contribution < 1.29 is 5.11 Å². The molecule has 2 aromatic rings. The third-order valence-corrected chi connectivity index (χ3v) is 2.48. The number of benzene rings is 1. The lowest BCUT2D eigenvalue weighted by atomic mass is 10.1. The van der Waals surface area contributed by atoms with Crippen molar-refractivity contribution in [1.82, 2.24) is 15.5 Å². The molecule has 0 aliphatic heterocycles. The summed E-state index contributed by atoms with van der Waals surface area (Å²) >= 11 is 0. The van der Waals surface area contributed by atoms with E-state index < -0.39 is 0 Å². The van der Waals surface area contributed by atoms with Crippen molar-refractivity contribution in [2.24, 2.45) is 0 Å². The minimum Gasteiger partial charge on any atom is -0.392 e. The Balaban J connectivity index is 0.00000144. The molecule has 92 valence electrons. The van der Waals surface area contributed by atoms with Gasteiger partial charge in [0.1, 0.15) is 0 Å². The van der Waals surface area contributed by atoms with E-state index in [4.69, 9.17) is 5.11 Å². The number of H-pyrrole nitrogens is 1. The Morgan fingerprint density at radius 1 is 1.12 bits per heavy atom. The summed E-state index contributed by atoms with van der Waals surface area (Å²) in [5.74, 6) is 0. The molecule has 5 heteroatoms. The van der Waals surface area contributed by atoms with Gasteiger partial charge in [0, 0.05) is 25.0 Å². The van der Waals surface area contributed by atoms with Crippen molar-refractivity contribution in [3.63, 3.8) is 0 Å². The zero-order valence-electron chi connectivity index (χ0n) is 9.39. The topological polar surface area (TPSA) is 60.9 Å². The molecule has 0 amide bonds. The van der Waals surface area contributed by atoms with Gasteiger partial charge in [-0.05, 0) is 17.2 Å². The SMILES string of the molecule is Cl.OCc1ccccc1CNCc1ccn[nH]1. The fourth-order valence-electron chi connectivity index (χ4n) is 1.60. The number of nitrogens with zero attached hydrogens (tertiary/aromatic N) is 1. The largest absolute Gasteiger partial charge is 0.392 e. The van der Waals surface area contributed by atoms with Crippen molar-refractivity contribution in [1.29, 1.82) is 0 Å². The molecule has 0 spiro atoms. The highest BCUT2D eigenvalue weighted by Crippen LogP contribution is 2.08. The minimum absolute atomic E-state index is 0. The maximum absolute atomic E-state index is 9.16. The molecular formula is C12H16ClN3O. The molecule has 2 rings (SSSR count). The molecule has 0 bridgehead atoms. The maximum Gasteiger partial charge on any atom is 0.0685 e. The van der Waals surface area contributed by atoms with Gasteiger partial charge < -0.3 is 10.4 Å². The summed E-state index contributed by atoms with van der Waals surface area (Å²) in [5, 5.41) is 19.2. The average Bonchev–Trinajstić information content (AvgIpc) is 2.83. The molecule has 3 N–H and O–H groups in total. The van der Waals surface area contributed by atoms with Gasteiger partial charge in [0.15, 0.2) is 0 Å².